The first kappa shape index (κ1) is 29.9. The molecule has 40 heavy (non-hydrogen) atoms. The van der Waals surface area contributed by atoms with Crippen molar-refractivity contribution in [3.63, 3.8) is 0 Å². The van der Waals surface area contributed by atoms with Crippen molar-refractivity contribution in [1.82, 2.24) is 20.7 Å². The van der Waals surface area contributed by atoms with E-state index in [1.54, 1.807) is 12.1 Å². The van der Waals surface area contributed by atoms with Crippen LogP contribution in [0.3, 0.4) is 0 Å². The highest BCUT2D eigenvalue weighted by atomic mass is 19.1. The van der Waals surface area contributed by atoms with Crippen LogP contribution in [0.1, 0.15) is 51.9 Å². The average Bonchev–Trinajstić information content (AvgIpc) is 2.95. The fourth-order valence-corrected chi connectivity index (χ4v) is 5.50. The van der Waals surface area contributed by atoms with E-state index in [1.165, 1.54) is 7.11 Å². The zero-order valence-electron chi connectivity index (χ0n) is 23.7. The lowest BCUT2D eigenvalue weighted by Crippen LogP contribution is -2.48. The molecule has 3 saturated heterocycles. The predicted octanol–water partition coefficient (Wildman–Crippen LogP) is 2.72. The van der Waals surface area contributed by atoms with Gasteiger partial charge in [-0.1, -0.05) is 13.3 Å². The second kappa shape index (κ2) is 14.5. The number of amides is 3. The molecule has 0 bridgehead atoms. The van der Waals surface area contributed by atoms with E-state index in [4.69, 9.17) is 9.47 Å². The Morgan fingerprint density at radius 3 is 2.52 bits per heavy atom. The van der Waals surface area contributed by atoms with E-state index in [0.717, 1.165) is 64.8 Å². The molecule has 3 N–H and O–H groups in total. The number of nitrogens with zero attached hydrogens (tertiary/aromatic N) is 3. The molecule has 0 saturated carbocycles. The van der Waals surface area contributed by atoms with Gasteiger partial charge in [-0.05, 0) is 56.7 Å². The number of piperazine rings is 1. The zero-order chi connectivity index (χ0) is 28.5. The van der Waals surface area contributed by atoms with Crippen LogP contribution in [0.15, 0.2) is 12.1 Å². The molecule has 0 aromatic heterocycles. The fourth-order valence-electron chi connectivity index (χ4n) is 5.50. The van der Waals surface area contributed by atoms with Crippen LogP contribution in [0.4, 0.5) is 20.6 Å². The number of hydrazine groups is 1. The summed E-state index contributed by atoms with van der Waals surface area (Å²) in [7, 11) is 1.41. The van der Waals surface area contributed by atoms with Crippen molar-refractivity contribution >= 4 is 29.3 Å². The number of rotatable bonds is 11. The first-order valence-electron chi connectivity index (χ1n) is 14.5. The normalized spacial score (nSPS) is 21.2. The highest BCUT2D eigenvalue weighted by molar-refractivity contribution is 6.01. The molecule has 1 aromatic rings. The molecule has 3 heterocycles. The summed E-state index contributed by atoms with van der Waals surface area (Å²) in [6, 6.07) is 2.85. The number of unbranched alkanes of at least 4 members (excludes halogenated alkanes) is 1. The topological polar surface area (TPSA) is 115 Å². The van der Waals surface area contributed by atoms with Crippen molar-refractivity contribution in [3.8, 4) is 5.75 Å². The minimum atomic E-state index is -0.615. The molecule has 0 spiro atoms. The number of halogens is 1. The van der Waals surface area contributed by atoms with Crippen molar-refractivity contribution in [2.75, 3.05) is 69.7 Å². The number of methoxy groups -OCH3 is 1. The van der Waals surface area contributed by atoms with Gasteiger partial charge in [-0.25, -0.2) is 14.2 Å². The van der Waals surface area contributed by atoms with E-state index in [2.05, 4.69) is 27.9 Å². The van der Waals surface area contributed by atoms with Gasteiger partial charge in [0.1, 0.15) is 6.04 Å². The first-order valence-corrected chi connectivity index (χ1v) is 14.5. The van der Waals surface area contributed by atoms with E-state index < -0.39 is 17.8 Å². The smallest absolute Gasteiger partial charge is 0.421 e. The van der Waals surface area contributed by atoms with Gasteiger partial charge in [-0.3, -0.25) is 25.2 Å². The number of benzene rings is 1. The molecule has 3 amide bonds. The van der Waals surface area contributed by atoms with E-state index >= 15 is 4.39 Å². The third-order valence-electron chi connectivity index (χ3n) is 8.01. The Bertz CT molecular complexity index is 1030. The van der Waals surface area contributed by atoms with Gasteiger partial charge < -0.3 is 19.7 Å². The quantitative estimate of drug-likeness (QED) is 0.277. The van der Waals surface area contributed by atoms with Crippen LogP contribution in [0.25, 0.3) is 0 Å². The van der Waals surface area contributed by atoms with Crippen molar-refractivity contribution in [3.05, 3.63) is 17.9 Å². The Hall–Kier alpha value is -3.12. The molecule has 3 fully saturated rings. The SMILES string of the molecule is CCCCOC(=O)NN1CCC(CCN2CCN(c3ccc(NC4CCC(=O)NC4=O)c(OC)c3F)CC2)CC1. The lowest BCUT2D eigenvalue weighted by molar-refractivity contribution is -0.133. The molecule has 1 unspecified atom stereocenters. The summed E-state index contributed by atoms with van der Waals surface area (Å²) in [6.45, 7) is 8.31. The first-order chi connectivity index (χ1) is 19.4. The van der Waals surface area contributed by atoms with Gasteiger partial charge in [-0.15, -0.1) is 0 Å². The molecule has 3 aliphatic rings. The Morgan fingerprint density at radius 2 is 1.85 bits per heavy atom. The number of piperidine rings is 2. The van der Waals surface area contributed by atoms with Gasteiger partial charge in [-0.2, -0.15) is 0 Å². The van der Waals surface area contributed by atoms with Crippen molar-refractivity contribution in [2.45, 2.75) is 57.9 Å². The molecule has 3 aliphatic heterocycles. The summed E-state index contributed by atoms with van der Waals surface area (Å²) >= 11 is 0. The molecule has 4 rings (SSSR count). The van der Waals surface area contributed by atoms with Gasteiger partial charge in [0.2, 0.25) is 11.8 Å². The number of hydrogen-bond donors (Lipinski definition) is 3. The zero-order valence-corrected chi connectivity index (χ0v) is 23.7. The molecule has 222 valence electrons. The van der Waals surface area contributed by atoms with E-state index in [1.807, 2.05) is 9.91 Å². The Balaban J connectivity index is 1.20. The molecular weight excluding hydrogens is 519 g/mol. The van der Waals surface area contributed by atoms with Crippen LogP contribution >= 0.6 is 0 Å². The Labute approximate surface area is 235 Å². The van der Waals surface area contributed by atoms with Crippen LogP contribution in [-0.2, 0) is 14.3 Å². The van der Waals surface area contributed by atoms with Gasteiger partial charge in [0, 0.05) is 45.7 Å². The second-order valence-electron chi connectivity index (χ2n) is 10.8. The minimum Gasteiger partial charge on any atom is -0.492 e. The molecule has 1 atom stereocenters. The number of carbonyl (C=O) groups is 3. The molecule has 0 aliphatic carbocycles. The van der Waals surface area contributed by atoms with Crippen molar-refractivity contribution in [2.24, 2.45) is 5.92 Å². The number of hydrogen-bond acceptors (Lipinski definition) is 9. The van der Waals surface area contributed by atoms with E-state index in [0.29, 0.717) is 43.4 Å². The average molecular weight is 563 g/mol. The maximum atomic E-state index is 15.5. The standard InChI is InChI=1S/C28H43FN6O5/c1-3-4-19-40-28(38)32-35-13-10-20(11-14-35)9-12-33-15-17-34(18-16-33)23-7-5-21(26(39-2)25(23)29)30-22-6-8-24(36)31-27(22)37/h5,7,20,22,30H,3-4,6,8-19H2,1-2H3,(H,32,38)(H,31,36,37). The molecule has 12 heteroatoms. The minimum absolute atomic E-state index is 0.0692. The monoisotopic (exact) mass is 562 g/mol. The van der Waals surface area contributed by atoms with Crippen molar-refractivity contribution < 1.29 is 28.2 Å². The third-order valence-corrected chi connectivity index (χ3v) is 8.01. The van der Waals surface area contributed by atoms with Gasteiger partial charge in [0.25, 0.3) is 0 Å². The van der Waals surface area contributed by atoms with Crippen molar-refractivity contribution in [1.29, 1.82) is 0 Å². The Morgan fingerprint density at radius 1 is 1.10 bits per heavy atom. The maximum absolute atomic E-state index is 15.5. The largest absolute Gasteiger partial charge is 0.492 e. The van der Waals surface area contributed by atoms with Gasteiger partial charge in [0.15, 0.2) is 11.6 Å². The summed E-state index contributed by atoms with van der Waals surface area (Å²) in [5.41, 5.74) is 3.73. The van der Waals surface area contributed by atoms with Crippen LogP contribution in [-0.4, -0.2) is 93.4 Å². The number of nitrogens with one attached hydrogen (secondary N) is 3. The number of imide groups is 1. The molecule has 11 nitrogen and oxygen atoms in total. The summed E-state index contributed by atoms with van der Waals surface area (Å²) in [6.07, 6.45) is 5.29. The fraction of sp³-hybridized carbons (Fsp3) is 0.679. The predicted molar refractivity (Wildman–Crippen MR) is 150 cm³/mol. The van der Waals surface area contributed by atoms with Crippen LogP contribution < -0.4 is 25.7 Å². The van der Waals surface area contributed by atoms with Crippen LogP contribution in [0.5, 0.6) is 5.75 Å². The Kier molecular flexibility index (Phi) is 10.8. The van der Waals surface area contributed by atoms with E-state index in [-0.39, 0.29) is 24.2 Å². The maximum Gasteiger partial charge on any atom is 0.421 e. The highest BCUT2D eigenvalue weighted by Crippen LogP contribution is 2.36. The van der Waals surface area contributed by atoms with Crippen LogP contribution in [0.2, 0.25) is 0 Å². The number of anilines is 2. The summed E-state index contributed by atoms with van der Waals surface area (Å²) in [5, 5.41) is 7.30. The molecular formula is C28H43FN6O5. The third kappa shape index (κ3) is 7.97. The highest BCUT2D eigenvalue weighted by Gasteiger charge is 2.29. The van der Waals surface area contributed by atoms with E-state index in [9.17, 15) is 14.4 Å². The number of carbonyl (C=O) groups excluding carboxylic acids is 3. The second-order valence-corrected chi connectivity index (χ2v) is 10.8. The lowest BCUT2D eigenvalue weighted by atomic mass is 9.94. The lowest BCUT2D eigenvalue weighted by Gasteiger charge is -2.38. The summed E-state index contributed by atoms with van der Waals surface area (Å²) in [5.74, 6) is -0.473. The molecule has 1 aromatic carbocycles. The molecule has 0 radical (unpaired) electrons. The van der Waals surface area contributed by atoms with Gasteiger partial charge >= 0.3 is 6.09 Å². The summed E-state index contributed by atoms with van der Waals surface area (Å²) in [4.78, 5) is 39.9. The van der Waals surface area contributed by atoms with Crippen LogP contribution in [0, 0.1) is 11.7 Å². The number of ether oxygens (including phenoxy) is 2. The summed E-state index contributed by atoms with van der Waals surface area (Å²) < 4.78 is 26.1. The van der Waals surface area contributed by atoms with Gasteiger partial charge in [0.05, 0.1) is 25.1 Å².